The van der Waals surface area contributed by atoms with Crippen molar-refractivity contribution in [3.63, 3.8) is 0 Å². The minimum Gasteiger partial charge on any atom is -0.463 e. The van der Waals surface area contributed by atoms with Gasteiger partial charge in [-0.1, -0.05) is 0 Å². The Morgan fingerprint density at radius 1 is 1.50 bits per heavy atom. The maximum atomic E-state index is 8.89. The fourth-order valence-corrected chi connectivity index (χ4v) is 3.20. The number of aliphatic imine (C=N–C) groups is 1. The molecule has 3 fully saturated rings. The zero-order valence-corrected chi connectivity index (χ0v) is 10.4. The number of amidine groups is 1. The van der Waals surface area contributed by atoms with E-state index in [1.54, 1.807) is 0 Å². The zero-order chi connectivity index (χ0) is 12.8. The number of hydrogen-bond donors (Lipinski definition) is 1. The molecule has 1 heterocycles. The summed E-state index contributed by atoms with van der Waals surface area (Å²) in [4.78, 5) is 5.92. The van der Waals surface area contributed by atoms with E-state index >= 15 is 0 Å². The minimum absolute atomic E-state index is 0.0740. The molecule has 0 radical (unpaired) electrons. The molecule has 1 N–H and O–H groups in total. The number of nitrogens with zero attached hydrogens (tertiary/aromatic N) is 3. The van der Waals surface area contributed by atoms with Crippen LogP contribution in [0.4, 0.5) is 0 Å². The molecule has 2 atom stereocenters. The largest absolute Gasteiger partial charge is 0.463 e. The van der Waals surface area contributed by atoms with Crippen LogP contribution in [0.3, 0.4) is 0 Å². The van der Waals surface area contributed by atoms with E-state index in [2.05, 4.69) is 22.7 Å². The summed E-state index contributed by atoms with van der Waals surface area (Å²) in [5.41, 5.74) is 0.232. The standard InChI is InChI=1S/C13H18N4O/c1-16-12(15)18-8-13(2-3-13)7-17-5-10-9(4-14)11(10)6-17/h9-11,15H,1-3,5-8H2. The van der Waals surface area contributed by atoms with E-state index < -0.39 is 0 Å². The average Bonchev–Trinajstić information content (AvgIpc) is 3.24. The van der Waals surface area contributed by atoms with E-state index in [4.69, 9.17) is 15.4 Å². The quantitative estimate of drug-likeness (QED) is 0.596. The summed E-state index contributed by atoms with van der Waals surface area (Å²) in [6.45, 7) is 7.05. The van der Waals surface area contributed by atoms with Gasteiger partial charge in [0.15, 0.2) is 0 Å². The second-order valence-electron chi connectivity index (χ2n) is 5.93. The third kappa shape index (κ3) is 2.01. The van der Waals surface area contributed by atoms with Crippen LogP contribution < -0.4 is 0 Å². The molecule has 0 bridgehead atoms. The van der Waals surface area contributed by atoms with Gasteiger partial charge < -0.3 is 9.64 Å². The van der Waals surface area contributed by atoms with Gasteiger partial charge in [0.05, 0.1) is 18.6 Å². The van der Waals surface area contributed by atoms with Gasteiger partial charge in [-0.15, -0.1) is 0 Å². The molecule has 2 saturated carbocycles. The molecule has 0 aromatic carbocycles. The number of nitrogens with one attached hydrogen (secondary N) is 1. The zero-order valence-electron chi connectivity index (χ0n) is 10.4. The molecule has 2 unspecified atom stereocenters. The smallest absolute Gasteiger partial charge is 0.308 e. The molecule has 0 amide bonds. The van der Waals surface area contributed by atoms with Gasteiger partial charge in [-0.3, -0.25) is 0 Å². The van der Waals surface area contributed by atoms with E-state index in [0.29, 0.717) is 24.4 Å². The lowest BCUT2D eigenvalue weighted by Gasteiger charge is -2.24. The van der Waals surface area contributed by atoms with Crippen LogP contribution >= 0.6 is 0 Å². The second-order valence-corrected chi connectivity index (χ2v) is 5.93. The third-order valence-corrected chi connectivity index (χ3v) is 4.59. The molecule has 3 aliphatic rings. The maximum absolute atomic E-state index is 8.89. The molecule has 1 saturated heterocycles. The van der Waals surface area contributed by atoms with Crippen molar-refractivity contribution < 1.29 is 4.74 Å². The summed E-state index contributed by atoms with van der Waals surface area (Å²) < 4.78 is 5.28. The SMILES string of the molecule is C=NC(=N)OCC1(CN2CC3C(C#N)C3C2)CC1. The van der Waals surface area contributed by atoms with Gasteiger partial charge in [-0.2, -0.15) is 5.26 Å². The highest BCUT2D eigenvalue weighted by Gasteiger charge is 2.57. The third-order valence-electron chi connectivity index (χ3n) is 4.59. The molecule has 5 nitrogen and oxygen atoms in total. The summed E-state index contributed by atoms with van der Waals surface area (Å²) in [7, 11) is 0. The number of rotatable bonds is 4. The molecule has 0 spiro atoms. The first kappa shape index (κ1) is 11.7. The van der Waals surface area contributed by atoms with Crippen LogP contribution in [0.2, 0.25) is 0 Å². The van der Waals surface area contributed by atoms with Crippen LogP contribution in [0.15, 0.2) is 4.99 Å². The number of ether oxygens (including phenoxy) is 1. The van der Waals surface area contributed by atoms with Gasteiger partial charge in [0, 0.05) is 25.0 Å². The number of hydrogen-bond acceptors (Lipinski definition) is 4. The van der Waals surface area contributed by atoms with Crippen molar-refractivity contribution in [1.29, 1.82) is 10.7 Å². The number of likely N-dealkylation sites (tertiary alicyclic amines) is 1. The first-order valence-corrected chi connectivity index (χ1v) is 6.47. The van der Waals surface area contributed by atoms with Crippen LogP contribution in [0.25, 0.3) is 0 Å². The highest BCUT2D eigenvalue weighted by molar-refractivity contribution is 5.75. The van der Waals surface area contributed by atoms with E-state index in [9.17, 15) is 0 Å². The molecule has 0 aromatic heterocycles. The molecule has 18 heavy (non-hydrogen) atoms. The highest BCUT2D eigenvalue weighted by atomic mass is 16.5. The predicted molar refractivity (Wildman–Crippen MR) is 67.4 cm³/mol. The first-order valence-electron chi connectivity index (χ1n) is 6.47. The molecule has 96 valence electrons. The van der Waals surface area contributed by atoms with Gasteiger partial charge in [0.25, 0.3) is 0 Å². The van der Waals surface area contributed by atoms with Crippen LogP contribution in [0.5, 0.6) is 0 Å². The van der Waals surface area contributed by atoms with Crippen molar-refractivity contribution in [2.24, 2.45) is 28.2 Å². The summed E-state index contributed by atoms with van der Waals surface area (Å²) in [5.74, 6) is 1.57. The summed E-state index contributed by atoms with van der Waals surface area (Å²) in [6, 6.07) is 2.31. The van der Waals surface area contributed by atoms with Crippen LogP contribution in [-0.2, 0) is 4.74 Å². The normalized spacial score (nSPS) is 35.4. The topological polar surface area (TPSA) is 72.5 Å². The number of nitriles is 1. The fraction of sp³-hybridized carbons (Fsp3) is 0.769. The van der Waals surface area contributed by atoms with E-state index in [1.165, 1.54) is 12.8 Å². The van der Waals surface area contributed by atoms with Gasteiger partial charge in [0.1, 0.15) is 0 Å². The molecule has 1 aliphatic heterocycles. The van der Waals surface area contributed by atoms with Crippen LogP contribution in [0.1, 0.15) is 12.8 Å². The lowest BCUT2D eigenvalue weighted by atomic mass is 10.1. The number of fused-ring (bicyclic) bond motifs is 1. The van der Waals surface area contributed by atoms with Crippen molar-refractivity contribution in [1.82, 2.24) is 4.90 Å². The number of piperidine rings is 1. The molecule has 3 rings (SSSR count). The van der Waals surface area contributed by atoms with Gasteiger partial charge in [-0.05, 0) is 31.4 Å². The average molecular weight is 246 g/mol. The predicted octanol–water partition coefficient (Wildman–Crippen LogP) is 1.12. The first-order chi connectivity index (χ1) is 8.67. The minimum atomic E-state index is -0.0740. The van der Waals surface area contributed by atoms with Gasteiger partial charge in [-0.25, -0.2) is 10.4 Å². The second kappa shape index (κ2) is 4.06. The van der Waals surface area contributed by atoms with Crippen molar-refractivity contribution in [2.75, 3.05) is 26.2 Å². The van der Waals surface area contributed by atoms with Crippen molar-refractivity contribution in [3.05, 3.63) is 0 Å². The van der Waals surface area contributed by atoms with E-state index in [0.717, 1.165) is 19.6 Å². The summed E-state index contributed by atoms with van der Waals surface area (Å²) >= 11 is 0. The summed E-state index contributed by atoms with van der Waals surface area (Å²) in [5, 5.41) is 16.2. The van der Waals surface area contributed by atoms with E-state index in [1.807, 2.05) is 0 Å². The van der Waals surface area contributed by atoms with Crippen LogP contribution in [0, 0.1) is 39.9 Å². The Hall–Kier alpha value is -1.41. The van der Waals surface area contributed by atoms with E-state index in [-0.39, 0.29) is 11.4 Å². The molecular weight excluding hydrogens is 228 g/mol. The van der Waals surface area contributed by atoms with Crippen molar-refractivity contribution in [2.45, 2.75) is 12.8 Å². The fourth-order valence-electron chi connectivity index (χ4n) is 3.20. The Balaban J connectivity index is 1.45. The molecule has 5 heteroatoms. The van der Waals surface area contributed by atoms with Gasteiger partial charge >= 0.3 is 6.02 Å². The highest BCUT2D eigenvalue weighted by Crippen LogP contribution is 2.54. The Morgan fingerprint density at radius 3 is 2.67 bits per heavy atom. The molecular formula is C13H18N4O. The lowest BCUT2D eigenvalue weighted by molar-refractivity contribution is 0.159. The monoisotopic (exact) mass is 246 g/mol. The Labute approximate surface area is 107 Å². The van der Waals surface area contributed by atoms with Crippen molar-refractivity contribution >= 4 is 12.7 Å². The Morgan fingerprint density at radius 2 is 2.17 bits per heavy atom. The molecule has 0 aromatic rings. The Kier molecular flexibility index (Phi) is 2.63. The summed E-state index contributed by atoms with van der Waals surface area (Å²) in [6.07, 6.45) is 2.34. The Bertz CT molecular complexity index is 411. The lowest BCUT2D eigenvalue weighted by Crippen LogP contribution is -2.33. The van der Waals surface area contributed by atoms with Crippen LogP contribution in [-0.4, -0.2) is 43.9 Å². The maximum Gasteiger partial charge on any atom is 0.308 e. The van der Waals surface area contributed by atoms with Gasteiger partial charge in [0.2, 0.25) is 0 Å². The molecule has 2 aliphatic carbocycles. The van der Waals surface area contributed by atoms with Crippen molar-refractivity contribution in [3.8, 4) is 6.07 Å².